The summed E-state index contributed by atoms with van der Waals surface area (Å²) in [5.74, 6) is -0.516. The Morgan fingerprint density at radius 1 is 1.33 bits per heavy atom. The monoisotopic (exact) mass is 310 g/mol. The van der Waals surface area contributed by atoms with Crippen LogP contribution in [-0.4, -0.2) is 31.4 Å². The number of benzene rings is 1. The van der Waals surface area contributed by atoms with Gasteiger partial charge in [-0.15, -0.1) is 0 Å². The molecule has 1 amide bonds. The Morgan fingerprint density at radius 3 is 2.57 bits per heavy atom. The van der Waals surface area contributed by atoms with Crippen LogP contribution in [-0.2, 0) is 21.2 Å². The molecule has 0 bridgehead atoms. The zero-order valence-corrected chi connectivity index (χ0v) is 13.5. The van der Waals surface area contributed by atoms with E-state index in [-0.39, 0.29) is 0 Å². The molecule has 0 aliphatic heterocycles. The Bertz CT molecular complexity index is 634. The first kappa shape index (κ1) is 16.0. The SMILES string of the molecule is CC(C)(C(=O)Nc1cccc(CNC2CC2)c1)S(C)(=O)=O. The second kappa shape index (κ2) is 5.77. The minimum absolute atomic E-state index is 0.516. The highest BCUT2D eigenvalue weighted by atomic mass is 32.2. The third-order valence-corrected chi connectivity index (χ3v) is 5.87. The van der Waals surface area contributed by atoms with Crippen LogP contribution >= 0.6 is 0 Å². The van der Waals surface area contributed by atoms with Crippen LogP contribution in [0.25, 0.3) is 0 Å². The summed E-state index contributed by atoms with van der Waals surface area (Å²) in [5, 5.41) is 6.09. The van der Waals surface area contributed by atoms with E-state index in [1.54, 1.807) is 6.07 Å². The molecular formula is C15H22N2O3S. The van der Waals surface area contributed by atoms with E-state index in [9.17, 15) is 13.2 Å². The Hall–Kier alpha value is -1.40. The first-order valence-electron chi connectivity index (χ1n) is 7.03. The van der Waals surface area contributed by atoms with Crippen molar-refractivity contribution in [1.29, 1.82) is 0 Å². The maximum Gasteiger partial charge on any atom is 0.245 e. The van der Waals surface area contributed by atoms with E-state index in [1.165, 1.54) is 26.7 Å². The second-order valence-corrected chi connectivity index (χ2v) is 8.66. The summed E-state index contributed by atoms with van der Waals surface area (Å²) < 4.78 is 21.9. The van der Waals surface area contributed by atoms with Crippen molar-refractivity contribution >= 4 is 21.4 Å². The molecule has 0 radical (unpaired) electrons. The molecule has 1 saturated carbocycles. The van der Waals surface area contributed by atoms with Gasteiger partial charge in [-0.2, -0.15) is 0 Å². The highest BCUT2D eigenvalue weighted by Gasteiger charge is 2.38. The van der Waals surface area contributed by atoms with Crippen LogP contribution in [0.4, 0.5) is 5.69 Å². The zero-order chi connectivity index (χ0) is 15.7. The van der Waals surface area contributed by atoms with Crippen LogP contribution in [0.1, 0.15) is 32.3 Å². The standard InChI is InChI=1S/C15H22N2O3S/c1-15(2,21(3,19)20)14(18)17-13-6-4-5-11(9-13)10-16-12-7-8-12/h4-6,9,12,16H,7-8,10H2,1-3H3,(H,17,18). The number of nitrogens with one attached hydrogen (secondary N) is 2. The van der Waals surface area contributed by atoms with Crippen LogP contribution in [0.2, 0.25) is 0 Å². The van der Waals surface area contributed by atoms with Gasteiger partial charge in [0.2, 0.25) is 5.91 Å². The highest BCUT2D eigenvalue weighted by molar-refractivity contribution is 7.92. The van der Waals surface area contributed by atoms with Gasteiger partial charge in [-0.1, -0.05) is 12.1 Å². The lowest BCUT2D eigenvalue weighted by Crippen LogP contribution is -2.43. The predicted molar refractivity (Wildman–Crippen MR) is 83.9 cm³/mol. The van der Waals surface area contributed by atoms with E-state index in [0.717, 1.165) is 18.4 Å². The lowest BCUT2D eigenvalue weighted by molar-refractivity contribution is -0.117. The van der Waals surface area contributed by atoms with Gasteiger partial charge in [0, 0.05) is 24.5 Å². The van der Waals surface area contributed by atoms with Crippen molar-refractivity contribution in [3.8, 4) is 0 Å². The molecule has 0 saturated heterocycles. The number of anilines is 1. The molecule has 0 spiro atoms. The lowest BCUT2D eigenvalue weighted by Gasteiger charge is -2.21. The Kier molecular flexibility index (Phi) is 4.39. The first-order valence-corrected chi connectivity index (χ1v) is 8.92. The molecule has 21 heavy (non-hydrogen) atoms. The average Bonchev–Trinajstić information content (AvgIpc) is 3.19. The molecule has 2 N–H and O–H groups in total. The number of carbonyl (C=O) groups excluding carboxylic acids is 1. The fourth-order valence-electron chi connectivity index (χ4n) is 1.76. The number of sulfone groups is 1. The Morgan fingerprint density at radius 2 is 2.00 bits per heavy atom. The number of hydrogen-bond donors (Lipinski definition) is 2. The maximum atomic E-state index is 12.2. The van der Waals surface area contributed by atoms with Gasteiger partial charge in [0.05, 0.1) is 0 Å². The lowest BCUT2D eigenvalue weighted by atomic mass is 10.1. The van der Waals surface area contributed by atoms with Gasteiger partial charge in [-0.25, -0.2) is 8.42 Å². The zero-order valence-electron chi connectivity index (χ0n) is 12.6. The summed E-state index contributed by atoms with van der Waals surface area (Å²) in [6.45, 7) is 3.58. The molecule has 1 aromatic rings. The molecule has 0 unspecified atom stereocenters. The van der Waals surface area contributed by atoms with Gasteiger partial charge in [0.1, 0.15) is 4.75 Å². The van der Waals surface area contributed by atoms with Crippen molar-refractivity contribution < 1.29 is 13.2 Å². The van der Waals surface area contributed by atoms with Crippen molar-refractivity contribution in [2.24, 2.45) is 0 Å². The summed E-state index contributed by atoms with van der Waals surface area (Å²) in [7, 11) is -3.47. The first-order chi connectivity index (χ1) is 9.70. The molecular weight excluding hydrogens is 288 g/mol. The van der Waals surface area contributed by atoms with Crippen LogP contribution in [0, 0.1) is 0 Å². The smallest absolute Gasteiger partial charge is 0.245 e. The predicted octanol–water partition coefficient (Wildman–Crippen LogP) is 1.70. The normalized spacial score (nSPS) is 15.8. The van der Waals surface area contributed by atoms with Gasteiger partial charge in [0.25, 0.3) is 0 Å². The molecule has 0 heterocycles. The van der Waals surface area contributed by atoms with Crippen molar-refractivity contribution in [1.82, 2.24) is 5.32 Å². The minimum Gasteiger partial charge on any atom is -0.325 e. The minimum atomic E-state index is -3.47. The molecule has 1 aliphatic rings. The number of carbonyl (C=O) groups is 1. The van der Waals surface area contributed by atoms with E-state index in [2.05, 4.69) is 10.6 Å². The van der Waals surface area contributed by atoms with Crippen LogP contribution < -0.4 is 10.6 Å². The van der Waals surface area contributed by atoms with Crippen LogP contribution in [0.15, 0.2) is 24.3 Å². The van der Waals surface area contributed by atoms with E-state index in [1.807, 2.05) is 18.2 Å². The number of amides is 1. The van der Waals surface area contributed by atoms with Gasteiger partial charge in [-0.3, -0.25) is 4.79 Å². The number of hydrogen-bond acceptors (Lipinski definition) is 4. The maximum absolute atomic E-state index is 12.2. The van der Waals surface area contributed by atoms with E-state index in [0.29, 0.717) is 11.7 Å². The van der Waals surface area contributed by atoms with Crippen LogP contribution in [0.5, 0.6) is 0 Å². The Balaban J connectivity index is 2.04. The molecule has 2 rings (SSSR count). The Labute approximate surface area is 126 Å². The topological polar surface area (TPSA) is 75.3 Å². The molecule has 6 heteroatoms. The largest absolute Gasteiger partial charge is 0.325 e. The summed E-state index contributed by atoms with van der Waals surface area (Å²) in [6, 6.07) is 8.08. The summed E-state index contributed by atoms with van der Waals surface area (Å²) in [6.07, 6.45) is 3.51. The quantitative estimate of drug-likeness (QED) is 0.838. The van der Waals surface area contributed by atoms with Crippen molar-refractivity contribution in [3.63, 3.8) is 0 Å². The fourth-order valence-corrected chi connectivity index (χ4v) is 2.15. The summed E-state index contributed by atoms with van der Waals surface area (Å²) in [4.78, 5) is 12.2. The summed E-state index contributed by atoms with van der Waals surface area (Å²) >= 11 is 0. The second-order valence-electron chi connectivity index (χ2n) is 6.09. The average molecular weight is 310 g/mol. The highest BCUT2D eigenvalue weighted by Crippen LogP contribution is 2.21. The molecule has 0 aromatic heterocycles. The number of rotatable bonds is 6. The van der Waals surface area contributed by atoms with Gasteiger partial charge in [0.15, 0.2) is 9.84 Å². The third kappa shape index (κ3) is 4.04. The van der Waals surface area contributed by atoms with Gasteiger partial charge < -0.3 is 10.6 Å². The van der Waals surface area contributed by atoms with Crippen molar-refractivity contribution in [2.75, 3.05) is 11.6 Å². The van der Waals surface area contributed by atoms with Crippen molar-refractivity contribution in [3.05, 3.63) is 29.8 Å². The molecule has 5 nitrogen and oxygen atoms in total. The van der Waals surface area contributed by atoms with Crippen molar-refractivity contribution in [2.45, 2.75) is 44.0 Å². The van der Waals surface area contributed by atoms with E-state index < -0.39 is 20.5 Å². The molecule has 1 aliphatic carbocycles. The van der Waals surface area contributed by atoms with E-state index >= 15 is 0 Å². The third-order valence-electron chi connectivity index (χ3n) is 3.83. The molecule has 1 fully saturated rings. The van der Waals surface area contributed by atoms with Gasteiger partial charge in [-0.05, 0) is 44.4 Å². The molecule has 1 aromatic carbocycles. The fraction of sp³-hybridized carbons (Fsp3) is 0.533. The summed E-state index contributed by atoms with van der Waals surface area (Å²) in [5.41, 5.74) is 1.68. The molecule has 0 atom stereocenters. The van der Waals surface area contributed by atoms with Crippen LogP contribution in [0.3, 0.4) is 0 Å². The van der Waals surface area contributed by atoms with E-state index in [4.69, 9.17) is 0 Å². The van der Waals surface area contributed by atoms with Gasteiger partial charge >= 0.3 is 0 Å². The molecule has 116 valence electrons.